The van der Waals surface area contributed by atoms with Gasteiger partial charge in [0.05, 0.1) is 22.9 Å². The van der Waals surface area contributed by atoms with Crippen LogP contribution in [0.2, 0.25) is 0 Å². The van der Waals surface area contributed by atoms with Crippen molar-refractivity contribution in [2.75, 3.05) is 11.4 Å². The number of rotatable bonds is 5. The van der Waals surface area contributed by atoms with Gasteiger partial charge < -0.3 is 4.90 Å². The zero-order chi connectivity index (χ0) is 20.0. The van der Waals surface area contributed by atoms with E-state index in [1.54, 1.807) is 11.5 Å². The summed E-state index contributed by atoms with van der Waals surface area (Å²) >= 11 is 0. The molecule has 2 aromatic heterocycles. The average Bonchev–Trinajstić information content (AvgIpc) is 3.43. The molecule has 1 aliphatic heterocycles. The highest BCUT2D eigenvalue weighted by Gasteiger charge is 2.53. The number of benzene rings is 1. The topological polar surface area (TPSA) is 103 Å². The number of carbonyl (C=O) groups is 1. The number of piperidine rings is 1. The van der Waals surface area contributed by atoms with Crippen LogP contribution in [0.4, 0.5) is 10.3 Å². The van der Waals surface area contributed by atoms with Crippen molar-refractivity contribution in [3.05, 3.63) is 59.8 Å². The van der Waals surface area contributed by atoms with E-state index in [2.05, 4.69) is 25.2 Å². The zero-order valence-electron chi connectivity index (χ0n) is 15.4. The molecule has 0 spiro atoms. The van der Waals surface area contributed by atoms with Crippen molar-refractivity contribution in [3.63, 3.8) is 0 Å². The number of aromatic nitrogens is 3. The van der Waals surface area contributed by atoms with Crippen molar-refractivity contribution < 1.29 is 14.4 Å². The lowest BCUT2D eigenvalue weighted by Crippen LogP contribution is -2.45. The Kier molecular flexibility index (Phi) is 4.33. The summed E-state index contributed by atoms with van der Waals surface area (Å²) in [6, 6.07) is 8.36. The molecule has 29 heavy (non-hydrogen) atoms. The average molecular weight is 394 g/mol. The maximum atomic E-state index is 13.3. The fourth-order valence-electron chi connectivity index (χ4n) is 4.03. The van der Waals surface area contributed by atoms with Crippen LogP contribution in [-0.4, -0.2) is 38.8 Å². The minimum absolute atomic E-state index is 0.0863. The van der Waals surface area contributed by atoms with Crippen molar-refractivity contribution in [2.45, 2.75) is 19.1 Å². The maximum Gasteiger partial charge on any atom is 0.277 e. The molecule has 3 N–H and O–H groups in total. The summed E-state index contributed by atoms with van der Waals surface area (Å²) in [5, 5.41) is 13.0. The molecule has 1 saturated carbocycles. The number of hydroxylamine groups is 1. The van der Waals surface area contributed by atoms with Gasteiger partial charge >= 0.3 is 0 Å². The van der Waals surface area contributed by atoms with Gasteiger partial charge in [-0.15, -0.1) is 0 Å². The molecular formula is C20H19FN6O2. The van der Waals surface area contributed by atoms with Crippen molar-refractivity contribution >= 4 is 22.8 Å². The van der Waals surface area contributed by atoms with Crippen LogP contribution in [0.15, 0.2) is 42.7 Å². The fourth-order valence-corrected chi connectivity index (χ4v) is 4.03. The lowest BCUT2D eigenvalue weighted by Gasteiger charge is -2.28. The monoisotopic (exact) mass is 394 g/mol. The van der Waals surface area contributed by atoms with Gasteiger partial charge in [-0.1, -0.05) is 6.07 Å². The molecule has 3 heterocycles. The lowest BCUT2D eigenvalue weighted by atomic mass is 10.2. The molecule has 0 bridgehead atoms. The van der Waals surface area contributed by atoms with E-state index >= 15 is 0 Å². The molecule has 1 saturated heterocycles. The third-order valence-electron chi connectivity index (χ3n) is 5.61. The first-order valence-corrected chi connectivity index (χ1v) is 9.44. The van der Waals surface area contributed by atoms with Crippen molar-refractivity contribution in [1.29, 1.82) is 0 Å². The van der Waals surface area contributed by atoms with Gasteiger partial charge in [0, 0.05) is 30.9 Å². The Hall–Kier alpha value is -3.17. The Bertz CT molecular complexity index is 1080. The number of pyridine rings is 1. The van der Waals surface area contributed by atoms with Crippen molar-refractivity contribution in [3.8, 4) is 0 Å². The van der Waals surface area contributed by atoms with Gasteiger partial charge in [0.25, 0.3) is 5.91 Å². The highest BCUT2D eigenvalue weighted by molar-refractivity contribution is 5.92. The summed E-state index contributed by atoms with van der Waals surface area (Å²) in [4.78, 5) is 26.7. The van der Waals surface area contributed by atoms with Gasteiger partial charge in [0.2, 0.25) is 5.95 Å². The normalized spacial score (nSPS) is 22.6. The Morgan fingerprint density at radius 2 is 2.07 bits per heavy atom. The summed E-state index contributed by atoms with van der Waals surface area (Å²) in [5.74, 6) is 0.788. The first kappa shape index (κ1) is 17.9. The number of fused-ring (bicyclic) bond motifs is 2. The van der Waals surface area contributed by atoms with E-state index in [1.807, 2.05) is 12.1 Å². The van der Waals surface area contributed by atoms with Gasteiger partial charge in [-0.2, -0.15) is 0 Å². The number of carbonyl (C=O) groups excluding carboxylic acids is 1. The zero-order valence-corrected chi connectivity index (χ0v) is 15.4. The molecule has 9 heteroatoms. The molecule has 1 aromatic carbocycles. The van der Waals surface area contributed by atoms with E-state index in [0.29, 0.717) is 24.3 Å². The highest BCUT2D eigenvalue weighted by Crippen LogP contribution is 2.49. The second kappa shape index (κ2) is 7.02. The van der Waals surface area contributed by atoms with Gasteiger partial charge in [0.1, 0.15) is 5.82 Å². The highest BCUT2D eigenvalue weighted by atomic mass is 19.1. The number of nitrogens with one attached hydrogen (secondary N) is 2. The summed E-state index contributed by atoms with van der Waals surface area (Å²) in [6.07, 6.45) is 4.06. The van der Waals surface area contributed by atoms with E-state index in [4.69, 9.17) is 5.21 Å². The van der Waals surface area contributed by atoms with E-state index in [-0.39, 0.29) is 17.5 Å². The summed E-state index contributed by atoms with van der Waals surface area (Å²) in [6.45, 7) is 1.43. The number of anilines is 1. The predicted molar refractivity (Wildman–Crippen MR) is 103 cm³/mol. The molecule has 3 unspecified atom stereocenters. The molecule has 1 aliphatic carbocycles. The van der Waals surface area contributed by atoms with E-state index < -0.39 is 5.91 Å². The molecule has 1 amide bonds. The molecule has 5 rings (SSSR count). The van der Waals surface area contributed by atoms with Crippen LogP contribution in [0.25, 0.3) is 10.9 Å². The summed E-state index contributed by atoms with van der Waals surface area (Å²) in [5.41, 5.74) is 3.41. The second-order valence-corrected chi connectivity index (χ2v) is 7.49. The van der Waals surface area contributed by atoms with E-state index in [1.165, 1.54) is 30.9 Å². The molecule has 3 atom stereocenters. The van der Waals surface area contributed by atoms with Crippen molar-refractivity contribution in [1.82, 2.24) is 25.7 Å². The number of halogens is 1. The predicted octanol–water partition coefficient (Wildman–Crippen LogP) is 1.85. The van der Waals surface area contributed by atoms with Crippen LogP contribution in [0.3, 0.4) is 0 Å². The minimum atomic E-state index is -0.641. The number of nitrogens with zero attached hydrogens (tertiary/aromatic N) is 4. The first-order valence-electron chi connectivity index (χ1n) is 9.44. The van der Waals surface area contributed by atoms with Gasteiger partial charge in [-0.3, -0.25) is 20.3 Å². The van der Waals surface area contributed by atoms with Gasteiger partial charge in [-0.25, -0.2) is 19.8 Å². The summed E-state index contributed by atoms with van der Waals surface area (Å²) < 4.78 is 13.3. The Morgan fingerprint density at radius 1 is 1.24 bits per heavy atom. The van der Waals surface area contributed by atoms with Gasteiger partial charge in [-0.05, 0) is 42.5 Å². The smallest absolute Gasteiger partial charge is 0.277 e. The van der Waals surface area contributed by atoms with Crippen LogP contribution in [0, 0.1) is 17.7 Å². The fraction of sp³-hybridized carbons (Fsp3) is 0.300. The third kappa shape index (κ3) is 3.39. The van der Waals surface area contributed by atoms with E-state index in [9.17, 15) is 9.18 Å². The molecule has 2 aliphatic rings. The molecular weight excluding hydrogens is 375 g/mol. The SMILES string of the molecule is O=C(NO)c1cnc(N2CC3CC3C2NCc2ccc3cc(F)ccc3n2)nc1. The Morgan fingerprint density at radius 3 is 2.86 bits per heavy atom. The lowest BCUT2D eigenvalue weighted by molar-refractivity contribution is 0.0705. The van der Waals surface area contributed by atoms with Crippen LogP contribution in [0.5, 0.6) is 0 Å². The molecule has 2 fully saturated rings. The van der Waals surface area contributed by atoms with Gasteiger partial charge in [0.15, 0.2) is 0 Å². The first-order chi connectivity index (χ1) is 14.1. The third-order valence-corrected chi connectivity index (χ3v) is 5.61. The summed E-state index contributed by atoms with van der Waals surface area (Å²) in [7, 11) is 0. The molecule has 3 aromatic rings. The van der Waals surface area contributed by atoms with Crippen LogP contribution in [-0.2, 0) is 6.54 Å². The van der Waals surface area contributed by atoms with Crippen LogP contribution >= 0.6 is 0 Å². The Labute approximate surface area is 165 Å². The number of hydrogen-bond acceptors (Lipinski definition) is 7. The van der Waals surface area contributed by atoms with Crippen LogP contribution < -0.4 is 15.7 Å². The second-order valence-electron chi connectivity index (χ2n) is 7.49. The molecule has 148 valence electrons. The molecule has 8 nitrogen and oxygen atoms in total. The maximum absolute atomic E-state index is 13.3. The standard InChI is InChI=1S/C20H19FN6O2/c21-14-2-4-17-11(5-14)1-3-15(25-17)9-22-18-16-6-12(16)10-27(18)20-23-7-13(8-24-20)19(28)26-29/h1-5,7-8,12,16,18,22,29H,6,9-10H2,(H,26,28). The number of amides is 1. The quantitative estimate of drug-likeness (QED) is 0.448. The van der Waals surface area contributed by atoms with E-state index in [0.717, 1.165) is 23.1 Å². The minimum Gasteiger partial charge on any atom is -0.325 e. The van der Waals surface area contributed by atoms with Crippen LogP contribution in [0.1, 0.15) is 22.5 Å². The van der Waals surface area contributed by atoms with Crippen molar-refractivity contribution in [2.24, 2.45) is 11.8 Å². The largest absolute Gasteiger partial charge is 0.325 e. The number of hydrogen-bond donors (Lipinski definition) is 3. The molecule has 0 radical (unpaired) electrons. The Balaban J connectivity index is 1.31.